The van der Waals surface area contributed by atoms with Crippen molar-refractivity contribution in [3.63, 3.8) is 0 Å². The van der Waals surface area contributed by atoms with E-state index in [9.17, 15) is 0 Å². The van der Waals surface area contributed by atoms with Crippen molar-refractivity contribution < 1.29 is 4.74 Å². The molecule has 0 bridgehead atoms. The smallest absolute Gasteiger partial charge is 0.213 e. The molecular weight excluding hydrogens is 250 g/mol. The molecule has 5 heteroatoms. The lowest BCUT2D eigenvalue weighted by Crippen LogP contribution is -2.28. The molecule has 4 nitrogen and oxygen atoms in total. The van der Waals surface area contributed by atoms with Gasteiger partial charge < -0.3 is 10.5 Å². The van der Waals surface area contributed by atoms with Crippen molar-refractivity contribution in [3.8, 4) is 5.88 Å². The molecule has 1 aromatic heterocycles. The molecule has 2 unspecified atom stereocenters. The van der Waals surface area contributed by atoms with Crippen LogP contribution in [0.25, 0.3) is 0 Å². The number of hydrogen-bond acceptors (Lipinski definition) is 4. The number of nitrogens with zero attached hydrogens (tertiary/aromatic N) is 2. The maximum Gasteiger partial charge on any atom is 0.213 e. The summed E-state index contributed by atoms with van der Waals surface area (Å²) >= 11 is 0. The predicted octanol–water partition coefficient (Wildman–Crippen LogP) is 1.68. The van der Waals surface area contributed by atoms with Crippen LogP contribution in [-0.4, -0.2) is 35.6 Å². The van der Waals surface area contributed by atoms with Crippen molar-refractivity contribution in [2.75, 3.05) is 19.7 Å². The van der Waals surface area contributed by atoms with Gasteiger partial charge in [0.2, 0.25) is 5.88 Å². The standard InChI is InChI=1S/C13H21N3O.ClH/c1-3-17-13-6-4-5-11(15-13)8-16-7-10(2)12(14)9-16;/h4-6,10,12H,3,7-9,14H2,1-2H3;1H. The van der Waals surface area contributed by atoms with E-state index in [1.807, 2.05) is 25.1 Å². The van der Waals surface area contributed by atoms with Crippen LogP contribution >= 0.6 is 12.4 Å². The van der Waals surface area contributed by atoms with Crippen molar-refractivity contribution in [2.45, 2.75) is 26.4 Å². The molecule has 0 aliphatic carbocycles. The van der Waals surface area contributed by atoms with Gasteiger partial charge in [0.05, 0.1) is 12.3 Å². The Morgan fingerprint density at radius 3 is 2.83 bits per heavy atom. The molecule has 0 amide bonds. The van der Waals surface area contributed by atoms with Gasteiger partial charge in [-0.1, -0.05) is 13.0 Å². The Morgan fingerprint density at radius 1 is 1.44 bits per heavy atom. The van der Waals surface area contributed by atoms with Gasteiger partial charge in [-0.25, -0.2) is 4.98 Å². The lowest BCUT2D eigenvalue weighted by molar-refractivity contribution is 0.304. The highest BCUT2D eigenvalue weighted by Gasteiger charge is 2.26. The summed E-state index contributed by atoms with van der Waals surface area (Å²) in [5, 5.41) is 0. The zero-order chi connectivity index (χ0) is 12.3. The molecule has 2 N–H and O–H groups in total. The van der Waals surface area contributed by atoms with E-state index in [0.29, 0.717) is 24.4 Å². The fourth-order valence-electron chi connectivity index (χ4n) is 2.23. The maximum atomic E-state index is 6.01. The van der Waals surface area contributed by atoms with E-state index in [0.717, 1.165) is 25.3 Å². The van der Waals surface area contributed by atoms with Gasteiger partial charge >= 0.3 is 0 Å². The molecule has 1 aliphatic rings. The van der Waals surface area contributed by atoms with E-state index in [1.165, 1.54) is 0 Å². The lowest BCUT2D eigenvalue weighted by Gasteiger charge is -2.15. The van der Waals surface area contributed by atoms with Crippen molar-refractivity contribution in [1.82, 2.24) is 9.88 Å². The second-order valence-electron chi connectivity index (χ2n) is 4.74. The minimum absolute atomic E-state index is 0. The van der Waals surface area contributed by atoms with E-state index in [2.05, 4.69) is 16.8 Å². The van der Waals surface area contributed by atoms with Crippen molar-refractivity contribution in [3.05, 3.63) is 23.9 Å². The van der Waals surface area contributed by atoms with Gasteiger partial charge in [0.1, 0.15) is 0 Å². The molecule has 2 rings (SSSR count). The van der Waals surface area contributed by atoms with E-state index in [4.69, 9.17) is 10.5 Å². The summed E-state index contributed by atoms with van der Waals surface area (Å²) in [6, 6.07) is 6.22. The average Bonchev–Trinajstić information content (AvgIpc) is 2.59. The first kappa shape index (κ1) is 15.2. The monoisotopic (exact) mass is 271 g/mol. The average molecular weight is 272 g/mol. The van der Waals surface area contributed by atoms with E-state index >= 15 is 0 Å². The maximum absolute atomic E-state index is 6.01. The molecule has 0 saturated carbocycles. The van der Waals surface area contributed by atoms with Crippen LogP contribution in [0.5, 0.6) is 5.88 Å². The van der Waals surface area contributed by atoms with E-state index < -0.39 is 0 Å². The Balaban J connectivity index is 0.00000162. The molecule has 0 spiro atoms. The molecule has 1 aliphatic heterocycles. The molecule has 2 heterocycles. The highest BCUT2D eigenvalue weighted by molar-refractivity contribution is 5.85. The summed E-state index contributed by atoms with van der Waals surface area (Å²) in [7, 11) is 0. The number of hydrogen-bond donors (Lipinski definition) is 1. The van der Waals surface area contributed by atoms with Gasteiger partial charge in [0, 0.05) is 31.7 Å². The molecule has 1 aromatic rings. The second-order valence-corrected chi connectivity index (χ2v) is 4.74. The third-order valence-corrected chi connectivity index (χ3v) is 3.21. The number of rotatable bonds is 4. The van der Waals surface area contributed by atoms with Gasteiger partial charge in [0.25, 0.3) is 0 Å². The SMILES string of the molecule is CCOc1cccc(CN2CC(C)C(N)C2)n1.Cl. The van der Waals surface area contributed by atoms with E-state index in [-0.39, 0.29) is 12.4 Å². The number of nitrogens with two attached hydrogens (primary N) is 1. The number of aromatic nitrogens is 1. The van der Waals surface area contributed by atoms with Crippen molar-refractivity contribution >= 4 is 12.4 Å². The summed E-state index contributed by atoms with van der Waals surface area (Å²) in [5.74, 6) is 1.28. The Morgan fingerprint density at radius 2 is 2.22 bits per heavy atom. The number of pyridine rings is 1. The Labute approximate surface area is 115 Å². The molecular formula is C13H22ClN3O. The zero-order valence-electron chi connectivity index (χ0n) is 11.0. The quantitative estimate of drug-likeness (QED) is 0.905. The van der Waals surface area contributed by atoms with Crippen LogP contribution in [0.15, 0.2) is 18.2 Å². The molecule has 1 saturated heterocycles. The minimum Gasteiger partial charge on any atom is -0.478 e. The van der Waals surface area contributed by atoms with Gasteiger partial charge in [-0.3, -0.25) is 4.90 Å². The third kappa shape index (κ3) is 3.83. The first-order valence-corrected chi connectivity index (χ1v) is 6.25. The lowest BCUT2D eigenvalue weighted by atomic mass is 10.1. The Hall–Kier alpha value is -0.840. The fourth-order valence-corrected chi connectivity index (χ4v) is 2.23. The zero-order valence-corrected chi connectivity index (χ0v) is 11.8. The number of ether oxygens (including phenoxy) is 1. The van der Waals surface area contributed by atoms with Crippen LogP contribution in [0.4, 0.5) is 0 Å². The van der Waals surface area contributed by atoms with Crippen LogP contribution in [0.2, 0.25) is 0 Å². The highest BCUT2D eigenvalue weighted by Crippen LogP contribution is 2.17. The normalized spacial score (nSPS) is 23.7. The number of likely N-dealkylation sites (tertiary alicyclic amines) is 1. The largest absolute Gasteiger partial charge is 0.478 e. The summed E-state index contributed by atoms with van der Waals surface area (Å²) < 4.78 is 5.40. The van der Waals surface area contributed by atoms with E-state index in [1.54, 1.807) is 0 Å². The Bertz CT molecular complexity index is 365. The van der Waals surface area contributed by atoms with Gasteiger partial charge in [-0.15, -0.1) is 12.4 Å². The van der Waals surface area contributed by atoms with Gasteiger partial charge in [-0.2, -0.15) is 0 Å². The summed E-state index contributed by atoms with van der Waals surface area (Å²) in [5.41, 5.74) is 7.07. The molecule has 102 valence electrons. The van der Waals surface area contributed by atoms with Crippen LogP contribution in [0.3, 0.4) is 0 Å². The fraction of sp³-hybridized carbons (Fsp3) is 0.615. The summed E-state index contributed by atoms with van der Waals surface area (Å²) in [6.07, 6.45) is 0. The third-order valence-electron chi connectivity index (χ3n) is 3.21. The van der Waals surface area contributed by atoms with Crippen LogP contribution < -0.4 is 10.5 Å². The predicted molar refractivity (Wildman–Crippen MR) is 75.1 cm³/mol. The first-order valence-electron chi connectivity index (χ1n) is 6.25. The summed E-state index contributed by atoms with van der Waals surface area (Å²) in [6.45, 7) is 7.70. The molecule has 0 aromatic carbocycles. The minimum atomic E-state index is 0. The Kier molecular flexibility index (Phi) is 5.85. The number of halogens is 1. The van der Waals surface area contributed by atoms with Crippen molar-refractivity contribution in [2.24, 2.45) is 11.7 Å². The molecule has 1 fully saturated rings. The van der Waals surface area contributed by atoms with Gasteiger partial charge in [0.15, 0.2) is 0 Å². The highest BCUT2D eigenvalue weighted by atomic mass is 35.5. The van der Waals surface area contributed by atoms with Crippen molar-refractivity contribution in [1.29, 1.82) is 0 Å². The summed E-state index contributed by atoms with van der Waals surface area (Å²) in [4.78, 5) is 6.83. The van der Waals surface area contributed by atoms with Crippen LogP contribution in [0.1, 0.15) is 19.5 Å². The molecule has 18 heavy (non-hydrogen) atoms. The van der Waals surface area contributed by atoms with Crippen LogP contribution in [0, 0.1) is 5.92 Å². The first-order chi connectivity index (χ1) is 8.19. The second kappa shape index (κ2) is 6.92. The molecule has 2 atom stereocenters. The molecule has 0 radical (unpaired) electrons. The van der Waals surface area contributed by atoms with Gasteiger partial charge in [-0.05, 0) is 18.9 Å². The topological polar surface area (TPSA) is 51.4 Å². The van der Waals surface area contributed by atoms with Crippen LogP contribution in [-0.2, 0) is 6.54 Å².